The standard InChI is InChI=1S/C15H24O8/c1-3-21-6-5-11(12(15(19)20)10-13(16)17)9-14(18)23-8-7-22-4-2/h3-10H2,1-2H3,(H,16,17)(H,19,20). The van der Waals surface area contributed by atoms with Crippen molar-refractivity contribution in [1.82, 2.24) is 0 Å². The van der Waals surface area contributed by atoms with Gasteiger partial charge in [0.25, 0.3) is 0 Å². The van der Waals surface area contributed by atoms with Gasteiger partial charge in [-0.15, -0.1) is 0 Å². The second-order valence-electron chi connectivity index (χ2n) is 4.50. The van der Waals surface area contributed by atoms with Gasteiger partial charge in [0, 0.05) is 18.8 Å². The summed E-state index contributed by atoms with van der Waals surface area (Å²) in [5.74, 6) is -3.26. The maximum Gasteiger partial charge on any atom is 0.332 e. The third-order valence-electron chi connectivity index (χ3n) is 2.82. The Labute approximate surface area is 135 Å². The Kier molecular flexibility index (Phi) is 11.5. The second kappa shape index (κ2) is 12.6. The van der Waals surface area contributed by atoms with Gasteiger partial charge in [-0.25, -0.2) is 4.79 Å². The number of rotatable bonds is 13. The molecule has 0 aliphatic rings. The summed E-state index contributed by atoms with van der Waals surface area (Å²) in [5.41, 5.74) is -0.103. The SMILES string of the molecule is CCOCCOC(=O)CC(CCOCC)=C(CC(=O)O)C(=O)O. The summed E-state index contributed by atoms with van der Waals surface area (Å²) >= 11 is 0. The van der Waals surface area contributed by atoms with Crippen molar-refractivity contribution in [1.29, 1.82) is 0 Å². The summed E-state index contributed by atoms with van der Waals surface area (Å²) in [7, 11) is 0. The number of aliphatic carboxylic acids is 2. The van der Waals surface area contributed by atoms with Crippen LogP contribution in [0.25, 0.3) is 0 Å². The third-order valence-corrected chi connectivity index (χ3v) is 2.82. The highest BCUT2D eigenvalue weighted by molar-refractivity contribution is 5.93. The molecule has 8 heteroatoms. The topological polar surface area (TPSA) is 119 Å². The van der Waals surface area contributed by atoms with Crippen molar-refractivity contribution >= 4 is 17.9 Å². The zero-order valence-electron chi connectivity index (χ0n) is 13.5. The van der Waals surface area contributed by atoms with Crippen LogP contribution in [0.2, 0.25) is 0 Å². The monoisotopic (exact) mass is 332 g/mol. The number of esters is 1. The van der Waals surface area contributed by atoms with Crippen LogP contribution in [0.5, 0.6) is 0 Å². The number of ether oxygens (including phenoxy) is 3. The minimum absolute atomic E-state index is 0.0623. The van der Waals surface area contributed by atoms with E-state index in [2.05, 4.69) is 0 Å². The van der Waals surface area contributed by atoms with E-state index in [0.717, 1.165) is 0 Å². The average molecular weight is 332 g/mol. The van der Waals surface area contributed by atoms with Gasteiger partial charge in [-0.3, -0.25) is 9.59 Å². The van der Waals surface area contributed by atoms with E-state index < -0.39 is 24.3 Å². The molecule has 0 aliphatic carbocycles. The molecule has 0 saturated carbocycles. The lowest BCUT2D eigenvalue weighted by atomic mass is 9.99. The molecule has 0 aromatic carbocycles. The van der Waals surface area contributed by atoms with Crippen LogP contribution in [-0.4, -0.2) is 61.2 Å². The van der Waals surface area contributed by atoms with Crippen LogP contribution in [-0.2, 0) is 28.6 Å². The van der Waals surface area contributed by atoms with Crippen LogP contribution in [0.4, 0.5) is 0 Å². The van der Waals surface area contributed by atoms with Crippen LogP contribution in [0.1, 0.15) is 33.1 Å². The molecule has 0 aliphatic heterocycles. The Morgan fingerprint density at radius 2 is 1.48 bits per heavy atom. The Balaban J connectivity index is 4.91. The van der Waals surface area contributed by atoms with Gasteiger partial charge in [0.15, 0.2) is 0 Å². The molecule has 0 spiro atoms. The van der Waals surface area contributed by atoms with E-state index in [4.69, 9.17) is 19.3 Å². The molecule has 0 atom stereocenters. The third kappa shape index (κ3) is 10.4. The molecule has 0 aromatic rings. The largest absolute Gasteiger partial charge is 0.481 e. The van der Waals surface area contributed by atoms with Crippen molar-refractivity contribution < 1.29 is 38.8 Å². The maximum absolute atomic E-state index is 11.8. The summed E-state index contributed by atoms with van der Waals surface area (Å²) in [6, 6.07) is 0. The van der Waals surface area contributed by atoms with Crippen molar-refractivity contribution in [3.63, 3.8) is 0 Å². The summed E-state index contributed by atoms with van der Waals surface area (Å²) < 4.78 is 15.1. The number of carbonyl (C=O) groups is 3. The lowest BCUT2D eigenvalue weighted by Crippen LogP contribution is -2.16. The average Bonchev–Trinajstić information content (AvgIpc) is 2.48. The zero-order valence-corrected chi connectivity index (χ0v) is 13.5. The lowest BCUT2D eigenvalue weighted by Gasteiger charge is -2.12. The molecular formula is C15H24O8. The highest BCUT2D eigenvalue weighted by atomic mass is 16.6. The fourth-order valence-corrected chi connectivity index (χ4v) is 1.77. The highest BCUT2D eigenvalue weighted by Crippen LogP contribution is 2.18. The van der Waals surface area contributed by atoms with Crippen molar-refractivity contribution in [3.05, 3.63) is 11.1 Å². The summed E-state index contributed by atoms with van der Waals surface area (Å²) in [5, 5.41) is 18.0. The fraction of sp³-hybridized carbons (Fsp3) is 0.667. The van der Waals surface area contributed by atoms with Crippen LogP contribution in [0.15, 0.2) is 11.1 Å². The van der Waals surface area contributed by atoms with Gasteiger partial charge in [-0.1, -0.05) is 0 Å². The maximum atomic E-state index is 11.8. The van der Waals surface area contributed by atoms with E-state index in [9.17, 15) is 19.5 Å². The number of hydrogen-bond donors (Lipinski definition) is 2. The highest BCUT2D eigenvalue weighted by Gasteiger charge is 2.20. The molecule has 23 heavy (non-hydrogen) atoms. The smallest absolute Gasteiger partial charge is 0.332 e. The summed E-state index contributed by atoms with van der Waals surface area (Å²) in [6.07, 6.45) is -0.791. The molecule has 0 fully saturated rings. The van der Waals surface area contributed by atoms with Gasteiger partial charge in [-0.05, 0) is 25.8 Å². The molecule has 0 rings (SSSR count). The first-order valence-electron chi connectivity index (χ1n) is 7.39. The minimum Gasteiger partial charge on any atom is -0.481 e. The van der Waals surface area contributed by atoms with E-state index in [-0.39, 0.29) is 43.8 Å². The van der Waals surface area contributed by atoms with Crippen LogP contribution < -0.4 is 0 Å². The Hall–Kier alpha value is -1.93. The van der Waals surface area contributed by atoms with Gasteiger partial charge in [-0.2, -0.15) is 0 Å². The lowest BCUT2D eigenvalue weighted by molar-refractivity contribution is -0.144. The molecular weight excluding hydrogens is 308 g/mol. The van der Waals surface area contributed by atoms with Crippen molar-refractivity contribution in [2.45, 2.75) is 33.1 Å². The van der Waals surface area contributed by atoms with Crippen molar-refractivity contribution in [2.75, 3.05) is 33.0 Å². The summed E-state index contributed by atoms with van der Waals surface area (Å²) in [6.45, 7) is 5.04. The quantitative estimate of drug-likeness (QED) is 0.294. The molecule has 0 heterocycles. The van der Waals surface area contributed by atoms with Gasteiger partial charge < -0.3 is 24.4 Å². The number of carbonyl (C=O) groups excluding carboxylic acids is 1. The van der Waals surface area contributed by atoms with Gasteiger partial charge in [0.2, 0.25) is 0 Å². The Bertz CT molecular complexity index is 427. The van der Waals surface area contributed by atoms with Crippen LogP contribution >= 0.6 is 0 Å². The van der Waals surface area contributed by atoms with Crippen molar-refractivity contribution in [3.8, 4) is 0 Å². The van der Waals surface area contributed by atoms with Crippen LogP contribution in [0, 0.1) is 0 Å². The molecule has 0 amide bonds. The first kappa shape index (κ1) is 21.1. The van der Waals surface area contributed by atoms with E-state index in [1.807, 2.05) is 0 Å². The van der Waals surface area contributed by atoms with E-state index >= 15 is 0 Å². The molecule has 0 radical (unpaired) electrons. The predicted molar refractivity (Wildman–Crippen MR) is 80.1 cm³/mol. The predicted octanol–water partition coefficient (Wildman–Crippen LogP) is 1.24. The first-order valence-corrected chi connectivity index (χ1v) is 7.39. The molecule has 0 saturated heterocycles. The molecule has 0 bridgehead atoms. The second-order valence-corrected chi connectivity index (χ2v) is 4.50. The zero-order chi connectivity index (χ0) is 17.7. The van der Waals surface area contributed by atoms with Gasteiger partial charge >= 0.3 is 17.9 Å². The number of carboxylic acid groups (broad SMARTS) is 2. The Morgan fingerprint density at radius 1 is 0.870 bits per heavy atom. The fourth-order valence-electron chi connectivity index (χ4n) is 1.77. The number of carboxylic acids is 2. The number of hydrogen-bond acceptors (Lipinski definition) is 6. The molecule has 8 nitrogen and oxygen atoms in total. The molecule has 2 N–H and O–H groups in total. The molecule has 0 unspecified atom stereocenters. The van der Waals surface area contributed by atoms with Crippen molar-refractivity contribution in [2.24, 2.45) is 0 Å². The normalized spacial score (nSPS) is 11.7. The van der Waals surface area contributed by atoms with E-state index in [0.29, 0.717) is 13.2 Å². The first-order chi connectivity index (χ1) is 10.9. The molecule has 132 valence electrons. The van der Waals surface area contributed by atoms with E-state index in [1.165, 1.54) is 0 Å². The minimum atomic E-state index is -1.36. The van der Waals surface area contributed by atoms with Gasteiger partial charge in [0.05, 0.1) is 26.1 Å². The molecule has 0 aromatic heterocycles. The summed E-state index contributed by atoms with van der Waals surface area (Å²) in [4.78, 5) is 33.8. The van der Waals surface area contributed by atoms with Crippen LogP contribution in [0.3, 0.4) is 0 Å². The Morgan fingerprint density at radius 3 is 2.00 bits per heavy atom. The van der Waals surface area contributed by atoms with Gasteiger partial charge in [0.1, 0.15) is 6.61 Å². The van der Waals surface area contributed by atoms with E-state index in [1.54, 1.807) is 13.8 Å².